The summed E-state index contributed by atoms with van der Waals surface area (Å²) in [5.74, 6) is 1.68. The van der Waals surface area contributed by atoms with Gasteiger partial charge in [0, 0.05) is 32.2 Å². The van der Waals surface area contributed by atoms with Crippen molar-refractivity contribution in [1.82, 2.24) is 10.2 Å². The third-order valence-electron chi connectivity index (χ3n) is 4.88. The third-order valence-corrected chi connectivity index (χ3v) is 4.88. The lowest BCUT2D eigenvalue weighted by atomic mass is 9.84. The molecule has 2 N–H and O–H groups in total. The standard InChI is InChI=1S/C16H30N2O2/c1-2-16(20)18-11-14(7-4-8-19)9-15(12-18)17-10-13-5-3-6-13/h13-15,17,19H,2-12H2,1H3. The summed E-state index contributed by atoms with van der Waals surface area (Å²) in [6.45, 7) is 5.07. The molecule has 2 atom stereocenters. The number of carbonyl (C=O) groups is 1. The van der Waals surface area contributed by atoms with E-state index in [-0.39, 0.29) is 12.5 Å². The number of likely N-dealkylation sites (tertiary alicyclic amines) is 1. The number of carbonyl (C=O) groups excluding carboxylic acids is 1. The van der Waals surface area contributed by atoms with Gasteiger partial charge in [-0.15, -0.1) is 0 Å². The van der Waals surface area contributed by atoms with Crippen LogP contribution in [0, 0.1) is 11.8 Å². The Morgan fingerprint density at radius 3 is 2.70 bits per heavy atom. The normalized spacial score (nSPS) is 27.4. The average Bonchev–Trinajstić information content (AvgIpc) is 2.42. The fraction of sp³-hybridized carbons (Fsp3) is 0.938. The molecule has 1 heterocycles. The first-order chi connectivity index (χ1) is 9.72. The number of amides is 1. The molecule has 116 valence electrons. The van der Waals surface area contributed by atoms with E-state index in [1.807, 2.05) is 11.8 Å². The van der Waals surface area contributed by atoms with E-state index in [1.54, 1.807) is 0 Å². The van der Waals surface area contributed by atoms with Crippen LogP contribution >= 0.6 is 0 Å². The molecule has 2 aliphatic rings. The van der Waals surface area contributed by atoms with Gasteiger partial charge < -0.3 is 15.3 Å². The number of nitrogens with zero attached hydrogens (tertiary/aromatic N) is 1. The summed E-state index contributed by atoms with van der Waals surface area (Å²) < 4.78 is 0. The highest BCUT2D eigenvalue weighted by Crippen LogP contribution is 2.27. The van der Waals surface area contributed by atoms with Crippen molar-refractivity contribution in [2.24, 2.45) is 11.8 Å². The van der Waals surface area contributed by atoms with E-state index < -0.39 is 0 Å². The van der Waals surface area contributed by atoms with Gasteiger partial charge in [-0.05, 0) is 50.5 Å². The quantitative estimate of drug-likeness (QED) is 0.748. The molecule has 0 aromatic rings. The minimum Gasteiger partial charge on any atom is -0.396 e. The Labute approximate surface area is 122 Å². The Morgan fingerprint density at radius 1 is 1.30 bits per heavy atom. The smallest absolute Gasteiger partial charge is 0.222 e. The molecule has 4 nitrogen and oxygen atoms in total. The number of aliphatic hydroxyl groups is 1. The van der Waals surface area contributed by atoms with Crippen LogP contribution in [0.4, 0.5) is 0 Å². The van der Waals surface area contributed by atoms with E-state index in [0.717, 1.165) is 44.8 Å². The second-order valence-electron chi connectivity index (χ2n) is 6.52. The summed E-state index contributed by atoms with van der Waals surface area (Å²) in [4.78, 5) is 14.0. The van der Waals surface area contributed by atoms with Crippen LogP contribution < -0.4 is 5.32 Å². The first-order valence-corrected chi connectivity index (χ1v) is 8.35. The van der Waals surface area contributed by atoms with Crippen LogP contribution in [0.2, 0.25) is 0 Å². The highest BCUT2D eigenvalue weighted by Gasteiger charge is 2.29. The third kappa shape index (κ3) is 4.45. The van der Waals surface area contributed by atoms with Gasteiger partial charge in [-0.1, -0.05) is 13.3 Å². The number of nitrogens with one attached hydrogen (secondary N) is 1. The monoisotopic (exact) mass is 282 g/mol. The highest BCUT2D eigenvalue weighted by atomic mass is 16.2. The van der Waals surface area contributed by atoms with Crippen molar-refractivity contribution < 1.29 is 9.90 Å². The van der Waals surface area contributed by atoms with Crippen molar-refractivity contribution in [2.75, 3.05) is 26.2 Å². The Morgan fingerprint density at radius 2 is 2.10 bits per heavy atom. The average molecular weight is 282 g/mol. The minimum atomic E-state index is 0.262. The number of aliphatic hydroxyl groups excluding tert-OH is 1. The molecule has 1 amide bonds. The van der Waals surface area contributed by atoms with Crippen molar-refractivity contribution in [3.8, 4) is 0 Å². The lowest BCUT2D eigenvalue weighted by molar-refractivity contribution is -0.133. The molecule has 1 aliphatic heterocycles. The van der Waals surface area contributed by atoms with Crippen LogP contribution in [0.5, 0.6) is 0 Å². The molecule has 20 heavy (non-hydrogen) atoms. The lowest BCUT2D eigenvalue weighted by Gasteiger charge is -2.39. The minimum absolute atomic E-state index is 0.262. The van der Waals surface area contributed by atoms with Gasteiger partial charge in [-0.2, -0.15) is 0 Å². The van der Waals surface area contributed by atoms with Gasteiger partial charge in [0.05, 0.1) is 0 Å². The van der Waals surface area contributed by atoms with Gasteiger partial charge in [-0.3, -0.25) is 4.79 Å². The fourth-order valence-corrected chi connectivity index (χ4v) is 3.40. The molecule has 2 fully saturated rings. The summed E-state index contributed by atoms with van der Waals surface area (Å²) in [5.41, 5.74) is 0. The number of hydrogen-bond donors (Lipinski definition) is 2. The van der Waals surface area contributed by atoms with E-state index in [9.17, 15) is 4.79 Å². The second-order valence-corrected chi connectivity index (χ2v) is 6.52. The topological polar surface area (TPSA) is 52.6 Å². The molecular formula is C16H30N2O2. The molecule has 0 spiro atoms. The summed E-state index contributed by atoms with van der Waals surface area (Å²) in [6, 6.07) is 0.448. The van der Waals surface area contributed by atoms with Crippen LogP contribution in [0.25, 0.3) is 0 Å². The Hall–Kier alpha value is -0.610. The second kappa shape index (κ2) is 7.99. The molecule has 1 saturated carbocycles. The van der Waals surface area contributed by atoms with Crippen LogP contribution in [0.15, 0.2) is 0 Å². The zero-order valence-corrected chi connectivity index (χ0v) is 12.8. The van der Waals surface area contributed by atoms with Gasteiger partial charge in [0.2, 0.25) is 5.91 Å². The molecule has 0 radical (unpaired) electrons. The highest BCUT2D eigenvalue weighted by molar-refractivity contribution is 5.76. The first-order valence-electron chi connectivity index (χ1n) is 8.35. The summed E-state index contributed by atoms with van der Waals surface area (Å²) in [6.07, 6.45) is 7.76. The lowest BCUT2D eigenvalue weighted by Crippen LogP contribution is -2.52. The molecule has 0 bridgehead atoms. The Bertz CT molecular complexity index is 305. The molecule has 2 rings (SSSR count). The first kappa shape index (κ1) is 15.8. The zero-order valence-electron chi connectivity index (χ0n) is 12.8. The van der Waals surface area contributed by atoms with Gasteiger partial charge in [0.1, 0.15) is 0 Å². The molecule has 4 heteroatoms. The number of hydrogen-bond acceptors (Lipinski definition) is 3. The van der Waals surface area contributed by atoms with E-state index in [1.165, 1.54) is 19.3 Å². The van der Waals surface area contributed by atoms with Crippen molar-refractivity contribution in [1.29, 1.82) is 0 Å². The van der Waals surface area contributed by atoms with Gasteiger partial charge in [-0.25, -0.2) is 0 Å². The van der Waals surface area contributed by atoms with Crippen molar-refractivity contribution in [2.45, 2.75) is 57.9 Å². The maximum atomic E-state index is 12.0. The molecule has 1 saturated heterocycles. The van der Waals surface area contributed by atoms with E-state index >= 15 is 0 Å². The number of rotatable bonds is 7. The van der Waals surface area contributed by atoms with Crippen LogP contribution in [-0.2, 0) is 4.79 Å². The number of piperidine rings is 1. The summed E-state index contributed by atoms with van der Waals surface area (Å²) in [7, 11) is 0. The predicted octanol–water partition coefficient (Wildman–Crippen LogP) is 1.78. The fourth-order valence-electron chi connectivity index (χ4n) is 3.40. The Balaban J connectivity index is 1.83. The van der Waals surface area contributed by atoms with Crippen LogP contribution in [0.3, 0.4) is 0 Å². The summed E-state index contributed by atoms with van der Waals surface area (Å²) >= 11 is 0. The van der Waals surface area contributed by atoms with Gasteiger partial charge >= 0.3 is 0 Å². The van der Waals surface area contributed by atoms with E-state index in [0.29, 0.717) is 18.4 Å². The van der Waals surface area contributed by atoms with Gasteiger partial charge in [0.15, 0.2) is 0 Å². The van der Waals surface area contributed by atoms with Crippen molar-refractivity contribution in [3.63, 3.8) is 0 Å². The SMILES string of the molecule is CCC(=O)N1CC(CCCO)CC(NCC2CCC2)C1. The van der Waals surface area contributed by atoms with Crippen molar-refractivity contribution in [3.05, 3.63) is 0 Å². The molecule has 1 aliphatic carbocycles. The van der Waals surface area contributed by atoms with Crippen molar-refractivity contribution >= 4 is 5.91 Å². The maximum Gasteiger partial charge on any atom is 0.222 e. The largest absolute Gasteiger partial charge is 0.396 e. The zero-order chi connectivity index (χ0) is 14.4. The molecule has 2 unspecified atom stereocenters. The van der Waals surface area contributed by atoms with Crippen LogP contribution in [-0.4, -0.2) is 48.2 Å². The van der Waals surface area contributed by atoms with E-state index in [4.69, 9.17) is 5.11 Å². The molecule has 0 aromatic heterocycles. The van der Waals surface area contributed by atoms with Gasteiger partial charge in [0.25, 0.3) is 0 Å². The molecular weight excluding hydrogens is 252 g/mol. The maximum absolute atomic E-state index is 12.0. The predicted molar refractivity (Wildman–Crippen MR) is 80.4 cm³/mol. The summed E-state index contributed by atoms with van der Waals surface area (Å²) in [5, 5.41) is 12.7. The molecule has 0 aromatic carbocycles. The van der Waals surface area contributed by atoms with Crippen LogP contribution in [0.1, 0.15) is 51.9 Å². The van der Waals surface area contributed by atoms with E-state index in [2.05, 4.69) is 5.32 Å². The Kier molecular flexibility index (Phi) is 6.30.